The molecule has 0 saturated carbocycles. The highest BCUT2D eigenvalue weighted by atomic mass is 17.1. The van der Waals surface area contributed by atoms with Gasteiger partial charge < -0.3 is 5.32 Å². The van der Waals surface area contributed by atoms with Crippen LogP contribution in [0.1, 0.15) is 0 Å². The molecule has 2 N–H and O–H groups in total. The van der Waals surface area contributed by atoms with Gasteiger partial charge in [0.2, 0.25) is 0 Å². The molecule has 0 aliphatic rings. The maximum atomic E-state index is 10.8. The molecule has 0 aliphatic heterocycles. The van der Waals surface area contributed by atoms with Crippen molar-refractivity contribution in [1.29, 1.82) is 0 Å². The third-order valence-electron chi connectivity index (χ3n) is 1.25. The van der Waals surface area contributed by atoms with Crippen molar-refractivity contribution in [3.05, 3.63) is 30.3 Å². The Hall–Kier alpha value is -1.39. The zero-order chi connectivity index (χ0) is 8.81. The molecular weight excluding hydrogens is 158 g/mol. The van der Waals surface area contributed by atoms with Gasteiger partial charge in [-0.15, -0.1) is 0 Å². The average Bonchev–Trinajstić information content (AvgIpc) is 2.06. The van der Waals surface area contributed by atoms with Crippen LogP contribution in [0.25, 0.3) is 0 Å². The topological polar surface area (TPSA) is 58.6 Å². The minimum atomic E-state index is -0.385. The van der Waals surface area contributed by atoms with Crippen molar-refractivity contribution in [1.82, 2.24) is 0 Å². The Morgan fingerprint density at radius 3 is 2.67 bits per heavy atom. The van der Waals surface area contributed by atoms with Crippen molar-refractivity contribution < 1.29 is 14.9 Å². The second kappa shape index (κ2) is 4.48. The zero-order valence-electron chi connectivity index (χ0n) is 6.36. The van der Waals surface area contributed by atoms with Crippen molar-refractivity contribution in [2.75, 3.05) is 11.9 Å². The number of benzene rings is 1. The van der Waals surface area contributed by atoms with E-state index in [2.05, 4.69) is 10.2 Å². The van der Waals surface area contributed by atoms with Crippen LogP contribution < -0.4 is 5.32 Å². The predicted octanol–water partition coefficient (Wildman–Crippen LogP) is 1.11. The molecule has 4 nitrogen and oxygen atoms in total. The molecule has 64 valence electrons. The smallest absolute Gasteiger partial charge is 0.253 e. The first-order valence-corrected chi connectivity index (χ1v) is 3.44. The van der Waals surface area contributed by atoms with Crippen molar-refractivity contribution in [2.45, 2.75) is 0 Å². The van der Waals surface area contributed by atoms with Gasteiger partial charge in [-0.3, -0.25) is 10.1 Å². The molecule has 0 unspecified atom stereocenters. The molecule has 0 heterocycles. The summed E-state index contributed by atoms with van der Waals surface area (Å²) in [6.07, 6.45) is 0. The first kappa shape index (κ1) is 8.70. The van der Waals surface area contributed by atoms with Gasteiger partial charge in [0.1, 0.15) is 0 Å². The minimum absolute atomic E-state index is 0.352. The van der Waals surface area contributed by atoms with Crippen LogP contribution in [0.4, 0.5) is 5.69 Å². The van der Waals surface area contributed by atoms with Crippen molar-refractivity contribution in [3.8, 4) is 0 Å². The van der Waals surface area contributed by atoms with Gasteiger partial charge in [-0.2, -0.15) is 0 Å². The summed E-state index contributed by atoms with van der Waals surface area (Å²) in [5.41, 5.74) is 0.680. The van der Waals surface area contributed by atoms with E-state index in [4.69, 9.17) is 5.26 Å². The molecule has 0 bridgehead atoms. The lowest BCUT2D eigenvalue weighted by molar-refractivity contribution is -0.237. The van der Waals surface area contributed by atoms with Crippen molar-refractivity contribution >= 4 is 11.6 Å². The largest absolute Gasteiger partial charge is 0.324 e. The molecule has 0 fully saturated rings. The number of hydrogen-bond acceptors (Lipinski definition) is 3. The highest BCUT2D eigenvalue weighted by Crippen LogP contribution is 2.03. The number of amides is 1. The molecule has 0 atom stereocenters. The number of hydrogen-bond donors (Lipinski definition) is 2. The molecular formula is C8H9NO3. The summed E-state index contributed by atoms with van der Waals surface area (Å²) in [4.78, 5) is 14.5. The van der Waals surface area contributed by atoms with Crippen molar-refractivity contribution in [2.24, 2.45) is 0 Å². The Bertz CT molecular complexity index is 248. The van der Waals surface area contributed by atoms with Gasteiger partial charge in [0.15, 0.2) is 6.61 Å². The van der Waals surface area contributed by atoms with Gasteiger partial charge >= 0.3 is 0 Å². The molecule has 1 aromatic carbocycles. The van der Waals surface area contributed by atoms with E-state index in [1.54, 1.807) is 24.3 Å². The fourth-order valence-corrected chi connectivity index (χ4v) is 0.777. The number of carbonyl (C=O) groups excluding carboxylic acids is 1. The number of rotatable bonds is 3. The molecule has 1 amide bonds. The normalized spacial score (nSPS) is 9.42. The summed E-state index contributed by atoms with van der Waals surface area (Å²) in [7, 11) is 0. The first-order valence-electron chi connectivity index (χ1n) is 3.44. The molecule has 1 rings (SSSR count). The predicted molar refractivity (Wildman–Crippen MR) is 43.7 cm³/mol. The van der Waals surface area contributed by atoms with Crippen LogP contribution in [0.15, 0.2) is 30.3 Å². The van der Waals surface area contributed by atoms with Gasteiger partial charge in [-0.25, -0.2) is 4.89 Å². The Balaban J connectivity index is 2.47. The molecule has 1 aromatic rings. The van der Waals surface area contributed by atoms with E-state index in [-0.39, 0.29) is 12.5 Å². The number of para-hydroxylation sites is 1. The van der Waals surface area contributed by atoms with Crippen LogP contribution in [0, 0.1) is 0 Å². The van der Waals surface area contributed by atoms with Crippen LogP contribution in [0.3, 0.4) is 0 Å². The summed E-state index contributed by atoms with van der Waals surface area (Å²) in [5, 5.41) is 10.5. The Labute approximate surface area is 69.7 Å². The van der Waals surface area contributed by atoms with Crippen LogP contribution in [-0.4, -0.2) is 17.8 Å². The molecule has 0 radical (unpaired) electrons. The van der Waals surface area contributed by atoms with Crippen LogP contribution in [0.5, 0.6) is 0 Å². The average molecular weight is 167 g/mol. The number of anilines is 1. The molecule has 0 spiro atoms. The van der Waals surface area contributed by atoms with Gasteiger partial charge in [0.05, 0.1) is 0 Å². The molecule has 0 saturated heterocycles. The maximum Gasteiger partial charge on any atom is 0.253 e. The van der Waals surface area contributed by atoms with Crippen LogP contribution in [-0.2, 0) is 9.68 Å². The van der Waals surface area contributed by atoms with E-state index >= 15 is 0 Å². The van der Waals surface area contributed by atoms with E-state index in [0.717, 1.165) is 0 Å². The molecule has 4 heteroatoms. The molecule has 0 aliphatic carbocycles. The molecule has 0 aromatic heterocycles. The monoisotopic (exact) mass is 167 g/mol. The minimum Gasteiger partial charge on any atom is -0.324 e. The number of carbonyl (C=O) groups is 1. The zero-order valence-corrected chi connectivity index (χ0v) is 6.36. The second-order valence-electron chi connectivity index (χ2n) is 2.19. The van der Waals surface area contributed by atoms with Gasteiger partial charge in [0.25, 0.3) is 5.91 Å². The maximum absolute atomic E-state index is 10.8. The summed E-state index contributed by atoms with van der Waals surface area (Å²) < 4.78 is 0. The van der Waals surface area contributed by atoms with Crippen molar-refractivity contribution in [3.63, 3.8) is 0 Å². The lowest BCUT2D eigenvalue weighted by atomic mass is 10.3. The fourth-order valence-electron chi connectivity index (χ4n) is 0.777. The fraction of sp³-hybridized carbons (Fsp3) is 0.125. The highest BCUT2D eigenvalue weighted by molar-refractivity contribution is 5.91. The van der Waals surface area contributed by atoms with Crippen LogP contribution in [0.2, 0.25) is 0 Å². The van der Waals surface area contributed by atoms with Gasteiger partial charge in [-0.1, -0.05) is 18.2 Å². The summed E-state index contributed by atoms with van der Waals surface area (Å²) in [6.45, 7) is -0.352. The highest BCUT2D eigenvalue weighted by Gasteiger charge is 1.99. The lowest BCUT2D eigenvalue weighted by Gasteiger charge is -2.01. The van der Waals surface area contributed by atoms with Gasteiger partial charge in [-0.05, 0) is 12.1 Å². The summed E-state index contributed by atoms with van der Waals surface area (Å²) >= 11 is 0. The van der Waals surface area contributed by atoms with Gasteiger partial charge in [0, 0.05) is 5.69 Å². The quantitative estimate of drug-likeness (QED) is 0.523. The van der Waals surface area contributed by atoms with E-state index in [9.17, 15) is 4.79 Å². The van der Waals surface area contributed by atoms with E-state index in [1.807, 2.05) is 6.07 Å². The van der Waals surface area contributed by atoms with Crippen LogP contribution >= 0.6 is 0 Å². The Morgan fingerprint density at radius 1 is 1.42 bits per heavy atom. The summed E-state index contributed by atoms with van der Waals surface area (Å²) in [5.74, 6) is -0.385. The van der Waals surface area contributed by atoms with E-state index in [0.29, 0.717) is 5.69 Å². The first-order chi connectivity index (χ1) is 5.83. The van der Waals surface area contributed by atoms with E-state index in [1.165, 1.54) is 0 Å². The third kappa shape index (κ3) is 2.69. The molecule has 12 heavy (non-hydrogen) atoms. The second-order valence-corrected chi connectivity index (χ2v) is 2.19. The lowest BCUT2D eigenvalue weighted by Crippen LogP contribution is -2.16. The SMILES string of the molecule is O=C(COO)Nc1ccccc1. The standard InChI is InChI=1S/C8H9NO3/c10-8(6-12-11)9-7-4-2-1-3-5-7/h1-5,11H,6H2,(H,9,10). The van der Waals surface area contributed by atoms with E-state index < -0.39 is 0 Å². The Kier molecular flexibility index (Phi) is 3.25. The summed E-state index contributed by atoms with van der Waals surface area (Å²) in [6, 6.07) is 8.94. The Morgan fingerprint density at radius 2 is 2.08 bits per heavy atom. The third-order valence-corrected chi connectivity index (χ3v) is 1.25. The number of nitrogens with one attached hydrogen (secondary N) is 1.